The minimum atomic E-state index is -0.979. The van der Waals surface area contributed by atoms with Gasteiger partial charge in [-0.2, -0.15) is 0 Å². The van der Waals surface area contributed by atoms with Crippen molar-refractivity contribution in [2.75, 3.05) is 13.1 Å². The smallest absolute Gasteiger partial charge is 0.242 e. The summed E-state index contributed by atoms with van der Waals surface area (Å²) in [5.41, 5.74) is 8.84. The van der Waals surface area contributed by atoms with Crippen molar-refractivity contribution in [1.82, 2.24) is 4.90 Å². The van der Waals surface area contributed by atoms with Gasteiger partial charge in [-0.15, -0.1) is 12.4 Å². The Bertz CT molecular complexity index is 655. The van der Waals surface area contributed by atoms with E-state index >= 15 is 0 Å². The van der Waals surface area contributed by atoms with Gasteiger partial charge in [-0.1, -0.05) is 54.6 Å². The topological polar surface area (TPSA) is 66.6 Å². The van der Waals surface area contributed by atoms with E-state index < -0.39 is 12.1 Å². The first kappa shape index (κ1) is 18.5. The van der Waals surface area contributed by atoms with Crippen molar-refractivity contribution in [1.29, 1.82) is 0 Å². The number of nitrogens with zero attached hydrogens (tertiary/aromatic N) is 1. The fourth-order valence-electron chi connectivity index (χ4n) is 2.99. The molecule has 0 radical (unpaired) electrons. The summed E-state index contributed by atoms with van der Waals surface area (Å²) in [7, 11) is 0. The molecule has 24 heavy (non-hydrogen) atoms. The van der Waals surface area contributed by atoms with Gasteiger partial charge in [0.05, 0.1) is 0 Å². The monoisotopic (exact) mass is 346 g/mol. The molecule has 0 spiro atoms. The van der Waals surface area contributed by atoms with Crippen molar-refractivity contribution >= 4 is 18.3 Å². The van der Waals surface area contributed by atoms with Gasteiger partial charge >= 0.3 is 0 Å². The van der Waals surface area contributed by atoms with Crippen LogP contribution in [-0.2, 0) is 4.79 Å². The highest BCUT2D eigenvalue weighted by Gasteiger charge is 2.29. The Labute approximate surface area is 148 Å². The largest absolute Gasteiger partial charge is 0.386 e. The Hall–Kier alpha value is -1.88. The van der Waals surface area contributed by atoms with Gasteiger partial charge in [0.2, 0.25) is 5.91 Å². The summed E-state index contributed by atoms with van der Waals surface area (Å²) in [5, 5.41) is 10.4. The number of likely N-dealkylation sites (tertiary alicyclic amines) is 1. The lowest BCUT2D eigenvalue weighted by atomic mass is 9.98. The molecule has 3 rings (SSSR count). The Kier molecular flexibility index (Phi) is 6.37. The van der Waals surface area contributed by atoms with Crippen molar-refractivity contribution in [2.24, 2.45) is 5.73 Å². The number of carbonyl (C=O) groups is 1. The van der Waals surface area contributed by atoms with E-state index in [-0.39, 0.29) is 18.3 Å². The Balaban J connectivity index is 0.00000208. The van der Waals surface area contributed by atoms with E-state index in [1.807, 2.05) is 54.6 Å². The second-order valence-electron chi connectivity index (χ2n) is 5.99. The molecule has 1 fully saturated rings. The molecule has 0 bridgehead atoms. The second-order valence-corrected chi connectivity index (χ2v) is 5.99. The van der Waals surface area contributed by atoms with Crippen LogP contribution in [0.3, 0.4) is 0 Å². The first-order chi connectivity index (χ1) is 11.2. The SMILES string of the molecule is Cl.N[C@@H](C(=O)N1CCCC1)[C@@H](O)c1ccc(-c2ccccc2)cc1. The van der Waals surface area contributed by atoms with Crippen molar-refractivity contribution in [3.63, 3.8) is 0 Å². The number of carbonyl (C=O) groups excluding carboxylic acids is 1. The molecular weight excluding hydrogens is 324 g/mol. The Morgan fingerprint density at radius 1 is 0.958 bits per heavy atom. The van der Waals surface area contributed by atoms with E-state index in [0.29, 0.717) is 5.56 Å². The van der Waals surface area contributed by atoms with Crippen LogP contribution in [0.25, 0.3) is 11.1 Å². The van der Waals surface area contributed by atoms with E-state index in [1.165, 1.54) is 0 Å². The van der Waals surface area contributed by atoms with Crippen LogP contribution in [0, 0.1) is 0 Å². The molecule has 1 aliphatic heterocycles. The first-order valence-corrected chi connectivity index (χ1v) is 8.04. The molecule has 1 aliphatic rings. The molecule has 3 N–H and O–H groups in total. The number of amides is 1. The highest BCUT2D eigenvalue weighted by Crippen LogP contribution is 2.24. The minimum absolute atomic E-state index is 0. The molecule has 4 nitrogen and oxygen atoms in total. The molecule has 2 atom stereocenters. The number of hydrogen-bond acceptors (Lipinski definition) is 3. The number of benzene rings is 2. The maximum Gasteiger partial charge on any atom is 0.242 e. The fraction of sp³-hybridized carbons (Fsp3) is 0.316. The minimum Gasteiger partial charge on any atom is -0.386 e. The van der Waals surface area contributed by atoms with Gasteiger partial charge in [-0.25, -0.2) is 0 Å². The number of aliphatic hydroxyl groups is 1. The normalized spacial score (nSPS) is 16.3. The lowest BCUT2D eigenvalue weighted by molar-refractivity contribution is -0.134. The standard InChI is InChI=1S/C19H22N2O2.ClH/c20-17(19(23)21-12-4-5-13-21)18(22)16-10-8-15(9-11-16)14-6-2-1-3-7-14;/h1-3,6-11,17-18,22H,4-5,12-13,20H2;1H/t17-,18+;/m1./s1. The zero-order valence-corrected chi connectivity index (χ0v) is 14.3. The van der Waals surface area contributed by atoms with E-state index in [0.717, 1.165) is 37.1 Å². The van der Waals surface area contributed by atoms with Crippen LogP contribution in [0.5, 0.6) is 0 Å². The second kappa shape index (κ2) is 8.29. The molecule has 0 saturated carbocycles. The van der Waals surface area contributed by atoms with Crippen molar-refractivity contribution < 1.29 is 9.90 Å². The van der Waals surface area contributed by atoms with Gasteiger partial charge in [-0.3, -0.25) is 4.79 Å². The molecular formula is C19H23ClN2O2. The van der Waals surface area contributed by atoms with Gasteiger partial charge in [0, 0.05) is 13.1 Å². The lowest BCUT2D eigenvalue weighted by Crippen LogP contribution is -2.45. The predicted molar refractivity (Wildman–Crippen MR) is 97.9 cm³/mol. The maximum absolute atomic E-state index is 12.3. The van der Waals surface area contributed by atoms with Crippen LogP contribution in [0.4, 0.5) is 0 Å². The quantitative estimate of drug-likeness (QED) is 0.894. The third-order valence-corrected chi connectivity index (χ3v) is 4.40. The number of rotatable bonds is 4. The molecule has 0 aromatic heterocycles. The molecule has 1 amide bonds. The molecule has 1 saturated heterocycles. The third kappa shape index (κ3) is 3.96. The molecule has 2 aromatic rings. The highest BCUT2D eigenvalue weighted by molar-refractivity contribution is 5.85. The van der Waals surface area contributed by atoms with E-state index in [2.05, 4.69) is 0 Å². The van der Waals surface area contributed by atoms with E-state index in [4.69, 9.17) is 5.73 Å². The van der Waals surface area contributed by atoms with E-state index in [9.17, 15) is 9.90 Å². The Morgan fingerprint density at radius 2 is 1.50 bits per heavy atom. The van der Waals surface area contributed by atoms with Crippen molar-refractivity contribution in [3.8, 4) is 11.1 Å². The van der Waals surface area contributed by atoms with Crippen molar-refractivity contribution in [3.05, 3.63) is 60.2 Å². The zero-order chi connectivity index (χ0) is 16.2. The van der Waals surface area contributed by atoms with Gasteiger partial charge in [0.25, 0.3) is 0 Å². The fourth-order valence-corrected chi connectivity index (χ4v) is 2.99. The van der Waals surface area contributed by atoms with Crippen LogP contribution in [0.1, 0.15) is 24.5 Å². The summed E-state index contributed by atoms with van der Waals surface area (Å²) in [6.45, 7) is 1.48. The van der Waals surface area contributed by atoms with Crippen LogP contribution in [0.15, 0.2) is 54.6 Å². The van der Waals surface area contributed by atoms with Crippen molar-refractivity contribution in [2.45, 2.75) is 25.0 Å². The van der Waals surface area contributed by atoms with Gasteiger partial charge in [0.1, 0.15) is 12.1 Å². The van der Waals surface area contributed by atoms with Crippen LogP contribution in [-0.4, -0.2) is 35.0 Å². The summed E-state index contributed by atoms with van der Waals surface area (Å²) >= 11 is 0. The van der Waals surface area contributed by atoms with Crippen LogP contribution < -0.4 is 5.73 Å². The maximum atomic E-state index is 12.3. The van der Waals surface area contributed by atoms with Gasteiger partial charge < -0.3 is 15.7 Å². The summed E-state index contributed by atoms with van der Waals surface area (Å²) in [4.78, 5) is 14.0. The molecule has 1 heterocycles. The number of hydrogen-bond donors (Lipinski definition) is 2. The van der Waals surface area contributed by atoms with Crippen LogP contribution >= 0.6 is 12.4 Å². The lowest BCUT2D eigenvalue weighted by Gasteiger charge is -2.24. The molecule has 128 valence electrons. The average Bonchev–Trinajstić information content (AvgIpc) is 3.15. The summed E-state index contributed by atoms with van der Waals surface area (Å²) in [5.74, 6) is -0.165. The summed E-state index contributed by atoms with van der Waals surface area (Å²) in [6.07, 6.45) is 1.05. The third-order valence-electron chi connectivity index (χ3n) is 4.40. The number of aliphatic hydroxyl groups excluding tert-OH is 1. The molecule has 2 aromatic carbocycles. The highest BCUT2D eigenvalue weighted by atomic mass is 35.5. The predicted octanol–water partition coefficient (Wildman–Crippen LogP) is 2.76. The molecule has 5 heteroatoms. The first-order valence-electron chi connectivity index (χ1n) is 8.04. The molecule has 0 aliphatic carbocycles. The Morgan fingerprint density at radius 3 is 2.08 bits per heavy atom. The molecule has 0 unspecified atom stereocenters. The van der Waals surface area contributed by atoms with E-state index in [1.54, 1.807) is 4.90 Å². The summed E-state index contributed by atoms with van der Waals surface area (Å²) < 4.78 is 0. The summed E-state index contributed by atoms with van der Waals surface area (Å²) in [6, 6.07) is 16.7. The zero-order valence-electron chi connectivity index (χ0n) is 13.5. The van der Waals surface area contributed by atoms with Crippen LogP contribution in [0.2, 0.25) is 0 Å². The average molecular weight is 347 g/mol. The van der Waals surface area contributed by atoms with Gasteiger partial charge in [-0.05, 0) is 29.5 Å². The van der Waals surface area contributed by atoms with Gasteiger partial charge in [0.15, 0.2) is 0 Å². The number of halogens is 1. The number of nitrogens with two attached hydrogens (primary N) is 1.